The summed E-state index contributed by atoms with van der Waals surface area (Å²) in [5, 5.41) is 0.729. The highest BCUT2D eigenvalue weighted by Crippen LogP contribution is 2.33. The van der Waals surface area contributed by atoms with E-state index in [2.05, 4.69) is 10.4 Å². The van der Waals surface area contributed by atoms with Crippen LogP contribution in [0.15, 0.2) is 18.2 Å². The molecule has 3 nitrogen and oxygen atoms in total. The molecule has 18 heavy (non-hydrogen) atoms. The van der Waals surface area contributed by atoms with Crippen LogP contribution in [0.2, 0.25) is 5.02 Å². The van der Waals surface area contributed by atoms with Crippen LogP contribution < -0.4 is 11.3 Å². The molecule has 1 aromatic carbocycles. The van der Waals surface area contributed by atoms with Crippen molar-refractivity contribution in [2.24, 2.45) is 5.84 Å². The number of aromatic nitrogens is 1. The first-order valence-electron chi connectivity index (χ1n) is 5.60. The third kappa shape index (κ3) is 2.13. The molecule has 0 spiro atoms. The molecule has 0 radical (unpaired) electrons. The number of hydrogen-bond donors (Lipinski definition) is 2. The van der Waals surface area contributed by atoms with Gasteiger partial charge in [-0.15, -0.1) is 0 Å². The lowest BCUT2D eigenvalue weighted by Gasteiger charge is -2.20. The number of rotatable bonds is 1. The second-order valence-electron chi connectivity index (χ2n) is 5.20. The molecule has 0 unspecified atom stereocenters. The fourth-order valence-corrected chi connectivity index (χ4v) is 1.97. The van der Waals surface area contributed by atoms with E-state index in [4.69, 9.17) is 17.4 Å². The number of nitrogens with zero attached hydrogens (tertiary/aromatic N) is 1. The Hall–Kier alpha value is -1.39. The first-order valence-corrected chi connectivity index (χ1v) is 5.98. The van der Waals surface area contributed by atoms with Crippen molar-refractivity contribution in [3.05, 3.63) is 34.7 Å². The van der Waals surface area contributed by atoms with Crippen LogP contribution in [-0.2, 0) is 5.41 Å². The molecule has 0 bridgehead atoms. The molecule has 0 aliphatic carbocycles. The Balaban J connectivity index is 2.88. The number of fused-ring (bicyclic) bond motifs is 1. The van der Waals surface area contributed by atoms with Crippen molar-refractivity contribution in [3.63, 3.8) is 0 Å². The highest BCUT2D eigenvalue weighted by molar-refractivity contribution is 6.35. The zero-order valence-corrected chi connectivity index (χ0v) is 11.3. The van der Waals surface area contributed by atoms with E-state index >= 15 is 0 Å². The van der Waals surface area contributed by atoms with Gasteiger partial charge in [-0.1, -0.05) is 32.4 Å². The second kappa shape index (κ2) is 4.37. The third-order valence-corrected chi connectivity index (χ3v) is 3.09. The number of pyridine rings is 1. The number of nitrogens with two attached hydrogens (primary N) is 1. The molecule has 0 aliphatic heterocycles. The lowest BCUT2D eigenvalue weighted by Crippen LogP contribution is -2.16. The Morgan fingerprint density at radius 1 is 1.33 bits per heavy atom. The largest absolute Gasteiger partial charge is 0.323 e. The number of benzene rings is 1. The molecule has 0 aliphatic rings. The van der Waals surface area contributed by atoms with Crippen molar-refractivity contribution in [1.29, 1.82) is 0 Å². The zero-order valence-electron chi connectivity index (χ0n) is 10.5. The van der Waals surface area contributed by atoms with Crippen LogP contribution in [0.4, 0.5) is 10.1 Å². The molecule has 1 heterocycles. The number of nitrogens with one attached hydrogen (secondary N) is 1. The summed E-state index contributed by atoms with van der Waals surface area (Å²) >= 11 is 6.08. The fraction of sp³-hybridized carbons (Fsp3) is 0.308. The van der Waals surface area contributed by atoms with Crippen LogP contribution in [-0.4, -0.2) is 4.98 Å². The maximum atomic E-state index is 13.8. The van der Waals surface area contributed by atoms with Gasteiger partial charge in [-0.3, -0.25) is 10.8 Å². The monoisotopic (exact) mass is 267 g/mol. The van der Waals surface area contributed by atoms with Gasteiger partial charge < -0.3 is 5.43 Å². The topological polar surface area (TPSA) is 50.9 Å². The zero-order chi connectivity index (χ0) is 13.5. The Kier molecular flexibility index (Phi) is 3.17. The fourth-order valence-electron chi connectivity index (χ4n) is 1.77. The standard InChI is InChI=1S/C13H15ClFN3/c1-13(2,3)10-6-9(18-16)11-8(15)5-4-7(14)12(11)17-10/h4-6H,16H2,1-3H3,(H,17,18). The van der Waals surface area contributed by atoms with Crippen LogP contribution in [0.5, 0.6) is 0 Å². The van der Waals surface area contributed by atoms with Gasteiger partial charge in [-0.05, 0) is 18.2 Å². The van der Waals surface area contributed by atoms with Gasteiger partial charge in [0.05, 0.1) is 21.6 Å². The predicted molar refractivity (Wildman–Crippen MR) is 73.2 cm³/mol. The predicted octanol–water partition coefficient (Wildman–Crippen LogP) is 3.61. The van der Waals surface area contributed by atoms with E-state index in [-0.39, 0.29) is 5.41 Å². The normalized spacial score (nSPS) is 11.9. The lowest BCUT2D eigenvalue weighted by atomic mass is 9.91. The molecule has 0 saturated heterocycles. The lowest BCUT2D eigenvalue weighted by molar-refractivity contribution is 0.571. The molecular formula is C13H15ClFN3. The van der Waals surface area contributed by atoms with E-state index < -0.39 is 5.82 Å². The van der Waals surface area contributed by atoms with Crippen LogP contribution in [0.3, 0.4) is 0 Å². The average molecular weight is 268 g/mol. The number of nitrogen functional groups attached to an aromatic ring is 1. The van der Waals surface area contributed by atoms with E-state index in [0.717, 1.165) is 5.69 Å². The second-order valence-corrected chi connectivity index (χ2v) is 5.61. The van der Waals surface area contributed by atoms with Gasteiger partial charge in [0, 0.05) is 11.1 Å². The number of halogens is 2. The summed E-state index contributed by atoms with van der Waals surface area (Å²) in [4.78, 5) is 4.45. The molecule has 3 N–H and O–H groups in total. The summed E-state index contributed by atoms with van der Waals surface area (Å²) < 4.78 is 13.8. The maximum Gasteiger partial charge on any atom is 0.134 e. The van der Waals surface area contributed by atoms with Crippen molar-refractivity contribution < 1.29 is 4.39 Å². The minimum Gasteiger partial charge on any atom is -0.323 e. The molecule has 0 fully saturated rings. The molecule has 1 aromatic heterocycles. The van der Waals surface area contributed by atoms with Gasteiger partial charge in [-0.2, -0.15) is 0 Å². The van der Waals surface area contributed by atoms with Crippen molar-refractivity contribution in [3.8, 4) is 0 Å². The summed E-state index contributed by atoms with van der Waals surface area (Å²) in [7, 11) is 0. The minimum atomic E-state index is -0.393. The Morgan fingerprint density at radius 3 is 2.56 bits per heavy atom. The molecule has 5 heteroatoms. The molecule has 2 aromatic rings. The quantitative estimate of drug-likeness (QED) is 0.613. The highest BCUT2D eigenvalue weighted by atomic mass is 35.5. The SMILES string of the molecule is CC(C)(C)c1cc(NN)c2c(F)ccc(Cl)c2n1. The van der Waals surface area contributed by atoms with Gasteiger partial charge in [0.2, 0.25) is 0 Å². The number of anilines is 1. The van der Waals surface area contributed by atoms with E-state index in [1.807, 2.05) is 20.8 Å². The summed E-state index contributed by atoms with van der Waals surface area (Å²) in [6.07, 6.45) is 0. The molecule has 0 saturated carbocycles. The third-order valence-electron chi connectivity index (χ3n) is 2.78. The van der Waals surface area contributed by atoms with Crippen molar-refractivity contribution >= 4 is 28.2 Å². The minimum absolute atomic E-state index is 0.171. The van der Waals surface area contributed by atoms with E-state index in [0.29, 0.717) is 21.6 Å². The highest BCUT2D eigenvalue weighted by Gasteiger charge is 2.20. The summed E-state index contributed by atoms with van der Waals surface area (Å²) in [6, 6.07) is 4.56. The van der Waals surface area contributed by atoms with Crippen LogP contribution in [0.25, 0.3) is 10.9 Å². The van der Waals surface area contributed by atoms with Crippen LogP contribution >= 0.6 is 11.6 Å². The van der Waals surface area contributed by atoms with Crippen molar-refractivity contribution in [2.75, 3.05) is 5.43 Å². The van der Waals surface area contributed by atoms with Gasteiger partial charge >= 0.3 is 0 Å². The number of hydrazine groups is 1. The van der Waals surface area contributed by atoms with Gasteiger partial charge in [-0.25, -0.2) is 4.39 Å². The first kappa shape index (κ1) is 13.1. The van der Waals surface area contributed by atoms with Gasteiger partial charge in [0.1, 0.15) is 5.82 Å². The Morgan fingerprint density at radius 2 is 2.00 bits per heavy atom. The smallest absolute Gasteiger partial charge is 0.134 e. The molecule has 96 valence electrons. The van der Waals surface area contributed by atoms with Crippen LogP contribution in [0.1, 0.15) is 26.5 Å². The van der Waals surface area contributed by atoms with Gasteiger partial charge in [0.15, 0.2) is 0 Å². The van der Waals surface area contributed by atoms with Crippen molar-refractivity contribution in [2.45, 2.75) is 26.2 Å². The van der Waals surface area contributed by atoms with E-state index in [9.17, 15) is 4.39 Å². The van der Waals surface area contributed by atoms with Crippen molar-refractivity contribution in [1.82, 2.24) is 4.98 Å². The average Bonchev–Trinajstić information content (AvgIpc) is 2.31. The molecule has 2 rings (SSSR count). The van der Waals surface area contributed by atoms with Gasteiger partial charge in [0.25, 0.3) is 0 Å². The number of hydrogen-bond acceptors (Lipinski definition) is 3. The summed E-state index contributed by atoms with van der Waals surface area (Å²) in [5.74, 6) is 5.07. The Bertz CT molecular complexity index is 605. The van der Waals surface area contributed by atoms with E-state index in [1.165, 1.54) is 12.1 Å². The Labute approximate surface area is 110 Å². The molecular weight excluding hydrogens is 253 g/mol. The van der Waals surface area contributed by atoms with E-state index in [1.54, 1.807) is 6.07 Å². The maximum absolute atomic E-state index is 13.8. The summed E-state index contributed by atoms with van der Waals surface area (Å²) in [6.45, 7) is 6.07. The molecule has 0 atom stereocenters. The first-order chi connectivity index (χ1) is 8.34. The molecule has 0 amide bonds. The van der Waals surface area contributed by atoms with Crippen LogP contribution in [0, 0.1) is 5.82 Å². The summed E-state index contributed by atoms with van der Waals surface area (Å²) in [5.41, 5.74) is 4.06.